The fraction of sp³-hybridized carbons (Fsp3) is 0.267. The number of carboxylic acids is 1. The van der Waals surface area contributed by atoms with Crippen molar-refractivity contribution in [2.24, 2.45) is 0 Å². The monoisotopic (exact) mass is 307 g/mol. The first kappa shape index (κ1) is 13.6. The van der Waals surface area contributed by atoms with Gasteiger partial charge in [-0.25, -0.2) is 4.79 Å². The lowest BCUT2D eigenvalue weighted by Crippen LogP contribution is -3.00. The summed E-state index contributed by atoms with van der Waals surface area (Å²) in [5.41, 5.74) is 3.80. The van der Waals surface area contributed by atoms with Gasteiger partial charge in [0.25, 0.3) is 0 Å². The van der Waals surface area contributed by atoms with Crippen LogP contribution in [-0.2, 0) is 12.0 Å². The fourth-order valence-corrected chi connectivity index (χ4v) is 4.47. The molecule has 2 aliphatic heterocycles. The van der Waals surface area contributed by atoms with Crippen molar-refractivity contribution in [1.29, 1.82) is 0 Å². The van der Waals surface area contributed by atoms with E-state index in [0.29, 0.717) is 11.6 Å². The molecule has 0 aliphatic carbocycles. The van der Waals surface area contributed by atoms with Crippen LogP contribution in [0.5, 0.6) is 0 Å². The molecule has 1 aromatic heterocycles. The lowest BCUT2D eigenvalue weighted by Gasteiger charge is -2.32. The van der Waals surface area contributed by atoms with Crippen molar-refractivity contribution in [2.75, 3.05) is 0 Å². The molecule has 2 atom stereocenters. The minimum Gasteiger partial charge on any atom is -1.00 e. The number of fused-ring (bicyclic) bond motifs is 7. The molecule has 2 bridgehead atoms. The molecule has 5 heteroatoms. The van der Waals surface area contributed by atoms with Crippen LogP contribution < -0.4 is 17.7 Å². The summed E-state index contributed by atoms with van der Waals surface area (Å²) in [6.07, 6.45) is 1.00. The molecule has 0 radical (unpaired) electrons. The van der Waals surface area contributed by atoms with Crippen LogP contribution in [0.4, 0.5) is 0 Å². The van der Waals surface area contributed by atoms with E-state index in [0.717, 1.165) is 12.0 Å². The van der Waals surface area contributed by atoms with E-state index in [1.54, 1.807) is 17.4 Å². The van der Waals surface area contributed by atoms with Crippen molar-refractivity contribution in [2.45, 2.75) is 24.9 Å². The first-order chi connectivity index (χ1) is 9.09. The number of thiophene rings is 1. The zero-order valence-corrected chi connectivity index (χ0v) is 12.4. The maximum Gasteiger partial charge on any atom is 1.00 e. The smallest absolute Gasteiger partial charge is 1.00 e. The maximum absolute atomic E-state index is 11.2. The second kappa shape index (κ2) is 4.32. The Morgan fingerprint density at radius 2 is 2.25 bits per heavy atom. The summed E-state index contributed by atoms with van der Waals surface area (Å²) in [4.78, 5) is 12.6. The summed E-state index contributed by atoms with van der Waals surface area (Å²) in [5, 5.41) is 15.0. The Morgan fingerprint density at radius 1 is 1.45 bits per heavy atom. The SMILES string of the molecule is CC12NC(Cc3sccc31)c1ccc(C(=O)O)cc12.[Cl-].[H+]. The van der Waals surface area contributed by atoms with Crippen LogP contribution in [0.25, 0.3) is 0 Å². The largest absolute Gasteiger partial charge is 1.00 e. The highest BCUT2D eigenvalue weighted by atomic mass is 35.5. The minimum absolute atomic E-state index is 0. The average molecular weight is 308 g/mol. The van der Waals surface area contributed by atoms with Crippen LogP contribution in [0.15, 0.2) is 29.6 Å². The number of benzene rings is 1. The molecule has 0 amide bonds. The molecule has 2 aliphatic rings. The molecule has 3 nitrogen and oxygen atoms in total. The van der Waals surface area contributed by atoms with Crippen molar-refractivity contribution in [1.82, 2.24) is 5.32 Å². The molecular formula is C15H14ClNO2S. The summed E-state index contributed by atoms with van der Waals surface area (Å²) in [6.45, 7) is 2.15. The van der Waals surface area contributed by atoms with Gasteiger partial charge in [-0.3, -0.25) is 5.32 Å². The van der Waals surface area contributed by atoms with Gasteiger partial charge in [0.05, 0.1) is 11.1 Å². The van der Waals surface area contributed by atoms with E-state index in [2.05, 4.69) is 23.7 Å². The number of carboxylic acid groups (broad SMARTS) is 1. The van der Waals surface area contributed by atoms with Crippen LogP contribution >= 0.6 is 11.3 Å². The molecule has 0 fully saturated rings. The third kappa shape index (κ3) is 1.59. The molecule has 0 saturated carbocycles. The van der Waals surface area contributed by atoms with Crippen molar-refractivity contribution in [3.05, 3.63) is 56.8 Å². The molecule has 2 aromatic rings. The average Bonchev–Trinajstić information content (AvgIpc) is 2.94. The summed E-state index contributed by atoms with van der Waals surface area (Å²) >= 11 is 1.80. The predicted molar refractivity (Wildman–Crippen MR) is 74.9 cm³/mol. The fourth-order valence-electron chi connectivity index (χ4n) is 3.44. The van der Waals surface area contributed by atoms with Gasteiger partial charge in [-0.2, -0.15) is 0 Å². The number of aromatic carboxylic acids is 1. The van der Waals surface area contributed by atoms with Crippen LogP contribution in [0.3, 0.4) is 0 Å². The second-order valence-corrected chi connectivity index (χ2v) is 6.39. The van der Waals surface area contributed by atoms with E-state index in [9.17, 15) is 9.90 Å². The first-order valence-electron chi connectivity index (χ1n) is 6.32. The Hall–Kier alpha value is -1.36. The molecule has 20 heavy (non-hydrogen) atoms. The van der Waals surface area contributed by atoms with Crippen LogP contribution in [0, 0.1) is 0 Å². The highest BCUT2D eigenvalue weighted by Gasteiger charge is 2.46. The summed E-state index contributed by atoms with van der Waals surface area (Å²) < 4.78 is 0. The first-order valence-corrected chi connectivity index (χ1v) is 7.20. The van der Waals surface area contributed by atoms with E-state index in [1.165, 1.54) is 16.0 Å². The lowest BCUT2D eigenvalue weighted by atomic mass is 9.85. The van der Waals surface area contributed by atoms with Crippen molar-refractivity contribution < 1.29 is 23.7 Å². The van der Waals surface area contributed by atoms with Gasteiger partial charge in [0.1, 0.15) is 0 Å². The van der Waals surface area contributed by atoms with Crippen molar-refractivity contribution in [3.63, 3.8) is 0 Å². The highest BCUT2D eigenvalue weighted by Crippen LogP contribution is 2.49. The standard InChI is InChI=1S/C15H13NO2S.ClH/c1-15-10-4-5-19-13(10)7-12(16-15)9-3-2-8(14(17)18)6-11(9)15;/h2-6,12,16H,7H2,1H3,(H,17,18);1H. The Morgan fingerprint density at radius 3 is 3.00 bits per heavy atom. The van der Waals surface area contributed by atoms with E-state index < -0.39 is 5.97 Å². The minimum atomic E-state index is -0.863. The van der Waals surface area contributed by atoms with Crippen LogP contribution in [0.2, 0.25) is 0 Å². The van der Waals surface area contributed by atoms with Gasteiger partial charge in [0, 0.05) is 17.3 Å². The van der Waals surface area contributed by atoms with Gasteiger partial charge in [-0.15, -0.1) is 11.3 Å². The molecular weight excluding hydrogens is 294 g/mol. The number of hydrogen-bond donors (Lipinski definition) is 2. The van der Waals surface area contributed by atoms with Gasteiger partial charge >= 0.3 is 7.40 Å². The summed E-state index contributed by atoms with van der Waals surface area (Å²) in [7, 11) is 0. The second-order valence-electron chi connectivity index (χ2n) is 5.39. The van der Waals surface area contributed by atoms with Gasteiger partial charge in [-0.05, 0) is 47.2 Å². The zero-order valence-electron chi connectivity index (χ0n) is 11.8. The quantitative estimate of drug-likeness (QED) is 0.781. The van der Waals surface area contributed by atoms with Crippen molar-refractivity contribution >= 4 is 17.3 Å². The zero-order chi connectivity index (χ0) is 13.2. The van der Waals surface area contributed by atoms with E-state index >= 15 is 0 Å². The molecule has 4 rings (SSSR count). The van der Waals surface area contributed by atoms with E-state index in [1.807, 2.05) is 12.1 Å². The van der Waals surface area contributed by atoms with Gasteiger partial charge in [-0.1, -0.05) is 6.07 Å². The van der Waals surface area contributed by atoms with Gasteiger partial charge in [0.2, 0.25) is 0 Å². The maximum atomic E-state index is 11.2. The number of carbonyl (C=O) groups is 1. The Kier molecular flexibility index (Phi) is 2.94. The number of rotatable bonds is 1. The van der Waals surface area contributed by atoms with E-state index in [-0.39, 0.29) is 19.4 Å². The molecule has 0 spiro atoms. The highest BCUT2D eigenvalue weighted by molar-refractivity contribution is 7.10. The topological polar surface area (TPSA) is 49.3 Å². The Balaban J connectivity index is 0.000000807. The Bertz CT molecular complexity index is 717. The predicted octanol–water partition coefficient (Wildman–Crippen LogP) is 0.0267. The van der Waals surface area contributed by atoms with Crippen LogP contribution in [-0.4, -0.2) is 11.1 Å². The number of nitrogens with one attached hydrogen (secondary N) is 1. The summed E-state index contributed by atoms with van der Waals surface area (Å²) in [5.74, 6) is -0.863. The molecule has 3 heterocycles. The Labute approximate surface area is 128 Å². The number of hydrogen-bond acceptors (Lipinski definition) is 3. The van der Waals surface area contributed by atoms with Crippen molar-refractivity contribution in [3.8, 4) is 0 Å². The van der Waals surface area contributed by atoms with Gasteiger partial charge in [0.15, 0.2) is 0 Å². The molecule has 104 valence electrons. The number of halogens is 1. The van der Waals surface area contributed by atoms with E-state index in [4.69, 9.17) is 0 Å². The normalized spacial score (nSPS) is 25.6. The molecule has 1 aromatic carbocycles. The van der Waals surface area contributed by atoms with Gasteiger partial charge < -0.3 is 17.5 Å². The third-order valence-electron chi connectivity index (χ3n) is 4.35. The van der Waals surface area contributed by atoms with Crippen LogP contribution in [0.1, 0.15) is 46.3 Å². The molecule has 2 unspecified atom stereocenters. The third-order valence-corrected chi connectivity index (χ3v) is 5.29. The molecule has 2 N–H and O–H groups in total. The molecule has 0 saturated heterocycles. The summed E-state index contributed by atoms with van der Waals surface area (Å²) in [6, 6.07) is 7.98. The lowest BCUT2D eigenvalue weighted by molar-refractivity contribution is -0.0000195.